The minimum absolute atomic E-state index is 0.120. The van der Waals surface area contributed by atoms with Crippen LogP contribution in [-0.2, 0) is 0 Å². The van der Waals surface area contributed by atoms with Gasteiger partial charge in [0.2, 0.25) is 0 Å². The number of nitrogens with zero attached hydrogens (tertiary/aromatic N) is 1. The molecule has 0 fully saturated rings. The first-order valence-electron chi connectivity index (χ1n) is 4.73. The predicted molar refractivity (Wildman–Crippen MR) is 58.0 cm³/mol. The summed E-state index contributed by atoms with van der Waals surface area (Å²) in [6.45, 7) is 6.48. The zero-order valence-electron chi connectivity index (χ0n) is 8.87. The Morgan fingerprint density at radius 3 is 2.57 bits per heavy atom. The molecular formula is C10H17N3O. The number of nitrogens with two attached hydrogens (primary N) is 1. The molecule has 0 radical (unpaired) electrons. The summed E-state index contributed by atoms with van der Waals surface area (Å²) in [6.07, 6.45) is 1.46. The molecule has 78 valence electrons. The number of carbonyl (C=O) groups excluding carboxylic acids is 1. The van der Waals surface area contributed by atoms with Crippen molar-refractivity contribution < 1.29 is 4.79 Å². The monoisotopic (exact) mass is 195 g/mol. The topological polar surface area (TPSA) is 68.0 Å². The van der Waals surface area contributed by atoms with Gasteiger partial charge >= 0.3 is 0 Å². The molecule has 0 saturated carbocycles. The van der Waals surface area contributed by atoms with Crippen molar-refractivity contribution in [2.75, 3.05) is 12.3 Å². The fourth-order valence-corrected chi connectivity index (χ4v) is 0.802. The number of hydrogen-bond acceptors (Lipinski definition) is 3. The van der Waals surface area contributed by atoms with Gasteiger partial charge in [-0.25, -0.2) is 4.98 Å². The van der Waals surface area contributed by atoms with Crippen LogP contribution in [0.1, 0.15) is 31.1 Å². The Hall–Kier alpha value is -1.58. The van der Waals surface area contributed by atoms with Gasteiger partial charge in [-0.1, -0.05) is 13.8 Å². The van der Waals surface area contributed by atoms with E-state index in [1.54, 1.807) is 12.1 Å². The van der Waals surface area contributed by atoms with Crippen LogP contribution < -0.4 is 11.1 Å². The number of hydrogen-bond donors (Lipinski definition) is 2. The van der Waals surface area contributed by atoms with E-state index in [4.69, 9.17) is 5.73 Å². The molecule has 0 bridgehead atoms. The molecule has 1 aromatic rings. The van der Waals surface area contributed by atoms with Crippen LogP contribution in [0.4, 0.5) is 5.82 Å². The molecule has 0 aromatic carbocycles. The quantitative estimate of drug-likeness (QED) is 0.750. The Bertz CT molecular complexity index is 269. The van der Waals surface area contributed by atoms with Crippen molar-refractivity contribution in [2.45, 2.75) is 20.8 Å². The maximum atomic E-state index is 11.2. The molecule has 4 nitrogen and oxygen atoms in total. The fourth-order valence-electron chi connectivity index (χ4n) is 0.802. The van der Waals surface area contributed by atoms with Crippen LogP contribution in [0.5, 0.6) is 0 Å². The largest absolute Gasteiger partial charge is 0.384 e. The fraction of sp³-hybridized carbons (Fsp3) is 0.400. The third-order valence-corrected chi connectivity index (χ3v) is 1.39. The van der Waals surface area contributed by atoms with E-state index in [1.165, 1.54) is 6.20 Å². The third kappa shape index (κ3) is 3.89. The summed E-state index contributed by atoms with van der Waals surface area (Å²) in [5.41, 5.74) is 5.89. The zero-order chi connectivity index (χ0) is 11.0. The molecule has 0 unspecified atom stereocenters. The van der Waals surface area contributed by atoms with E-state index >= 15 is 0 Å². The standard InChI is InChI=1S/C8H11N3O.C2H6/c1-2-10-8(12)6-3-4-7(9)11-5-6;1-2/h3-5H,2H2,1H3,(H2,9,11)(H,10,12);1-2H3. The lowest BCUT2D eigenvalue weighted by Gasteiger charge is -2.00. The van der Waals surface area contributed by atoms with Gasteiger partial charge in [-0.2, -0.15) is 0 Å². The highest BCUT2D eigenvalue weighted by Gasteiger charge is 2.02. The van der Waals surface area contributed by atoms with Gasteiger partial charge in [0.1, 0.15) is 5.82 Å². The van der Waals surface area contributed by atoms with Crippen LogP contribution in [0.25, 0.3) is 0 Å². The van der Waals surface area contributed by atoms with Gasteiger partial charge in [0.05, 0.1) is 5.56 Å². The maximum absolute atomic E-state index is 11.2. The van der Waals surface area contributed by atoms with Gasteiger partial charge in [-0.05, 0) is 19.1 Å². The Balaban J connectivity index is 0.000000791. The Morgan fingerprint density at radius 2 is 2.14 bits per heavy atom. The Kier molecular flexibility index (Phi) is 6.11. The summed E-state index contributed by atoms with van der Waals surface area (Å²) in [5, 5.41) is 2.66. The second-order valence-electron chi connectivity index (χ2n) is 2.33. The lowest BCUT2D eigenvalue weighted by Crippen LogP contribution is -2.22. The van der Waals surface area contributed by atoms with Crippen LogP contribution in [0.15, 0.2) is 18.3 Å². The number of aromatic nitrogens is 1. The van der Waals surface area contributed by atoms with Crippen molar-refractivity contribution in [3.63, 3.8) is 0 Å². The van der Waals surface area contributed by atoms with Gasteiger partial charge in [0, 0.05) is 12.7 Å². The molecule has 0 atom stereocenters. The average molecular weight is 195 g/mol. The maximum Gasteiger partial charge on any atom is 0.252 e. The molecule has 1 amide bonds. The second kappa shape index (κ2) is 6.88. The van der Waals surface area contributed by atoms with Crippen LogP contribution in [0.2, 0.25) is 0 Å². The van der Waals surface area contributed by atoms with Crippen molar-refractivity contribution in [3.8, 4) is 0 Å². The van der Waals surface area contributed by atoms with E-state index in [9.17, 15) is 4.79 Å². The molecule has 0 saturated heterocycles. The number of carbonyl (C=O) groups is 1. The van der Waals surface area contributed by atoms with E-state index in [2.05, 4.69) is 10.3 Å². The van der Waals surface area contributed by atoms with Crippen LogP contribution >= 0.6 is 0 Å². The number of rotatable bonds is 2. The summed E-state index contributed by atoms with van der Waals surface area (Å²) in [6, 6.07) is 3.25. The van der Waals surface area contributed by atoms with Crippen molar-refractivity contribution in [1.29, 1.82) is 0 Å². The van der Waals surface area contributed by atoms with Crippen molar-refractivity contribution in [2.24, 2.45) is 0 Å². The first-order valence-corrected chi connectivity index (χ1v) is 4.73. The Morgan fingerprint density at radius 1 is 1.50 bits per heavy atom. The summed E-state index contributed by atoms with van der Waals surface area (Å²) >= 11 is 0. The molecule has 3 N–H and O–H groups in total. The molecule has 1 rings (SSSR count). The smallest absolute Gasteiger partial charge is 0.252 e. The molecule has 0 aliphatic heterocycles. The first kappa shape index (κ1) is 12.4. The normalized spacial score (nSPS) is 8.50. The van der Waals surface area contributed by atoms with Gasteiger partial charge in [-0.3, -0.25) is 4.79 Å². The second-order valence-corrected chi connectivity index (χ2v) is 2.33. The molecule has 0 spiro atoms. The van der Waals surface area contributed by atoms with Gasteiger partial charge in [-0.15, -0.1) is 0 Å². The predicted octanol–water partition coefficient (Wildman–Crippen LogP) is 1.44. The minimum Gasteiger partial charge on any atom is -0.384 e. The molecular weight excluding hydrogens is 178 g/mol. The number of nitrogen functional groups attached to an aromatic ring is 1. The molecule has 4 heteroatoms. The molecule has 0 aliphatic carbocycles. The van der Waals surface area contributed by atoms with E-state index < -0.39 is 0 Å². The number of nitrogens with one attached hydrogen (secondary N) is 1. The number of amides is 1. The lowest BCUT2D eigenvalue weighted by molar-refractivity contribution is 0.0955. The van der Waals surface area contributed by atoms with Crippen LogP contribution in [0, 0.1) is 0 Å². The molecule has 1 heterocycles. The third-order valence-electron chi connectivity index (χ3n) is 1.39. The highest BCUT2D eigenvalue weighted by atomic mass is 16.1. The number of pyridine rings is 1. The molecule has 1 aromatic heterocycles. The molecule has 0 aliphatic rings. The van der Waals surface area contributed by atoms with Crippen LogP contribution in [-0.4, -0.2) is 17.4 Å². The van der Waals surface area contributed by atoms with E-state index in [1.807, 2.05) is 20.8 Å². The number of anilines is 1. The zero-order valence-corrected chi connectivity index (χ0v) is 8.87. The average Bonchev–Trinajstić information content (AvgIpc) is 2.22. The van der Waals surface area contributed by atoms with Crippen molar-refractivity contribution >= 4 is 11.7 Å². The summed E-state index contributed by atoms with van der Waals surface area (Å²) in [5.74, 6) is 0.299. The van der Waals surface area contributed by atoms with Gasteiger partial charge < -0.3 is 11.1 Å². The highest BCUT2D eigenvalue weighted by molar-refractivity contribution is 5.93. The summed E-state index contributed by atoms with van der Waals surface area (Å²) in [7, 11) is 0. The first-order chi connectivity index (χ1) is 6.74. The SMILES string of the molecule is CC.CCNC(=O)c1ccc(N)nc1. The van der Waals surface area contributed by atoms with Crippen molar-refractivity contribution in [3.05, 3.63) is 23.9 Å². The van der Waals surface area contributed by atoms with E-state index in [-0.39, 0.29) is 5.91 Å². The summed E-state index contributed by atoms with van der Waals surface area (Å²) in [4.78, 5) is 15.0. The summed E-state index contributed by atoms with van der Waals surface area (Å²) < 4.78 is 0. The highest BCUT2D eigenvalue weighted by Crippen LogP contribution is 2.00. The lowest BCUT2D eigenvalue weighted by atomic mass is 10.2. The van der Waals surface area contributed by atoms with E-state index in [0.717, 1.165) is 0 Å². The minimum atomic E-state index is -0.120. The van der Waals surface area contributed by atoms with E-state index in [0.29, 0.717) is 17.9 Å². The van der Waals surface area contributed by atoms with Gasteiger partial charge in [0.15, 0.2) is 0 Å². The van der Waals surface area contributed by atoms with Crippen LogP contribution in [0.3, 0.4) is 0 Å². The Labute approximate surface area is 84.5 Å². The molecule has 14 heavy (non-hydrogen) atoms. The van der Waals surface area contributed by atoms with Crippen molar-refractivity contribution in [1.82, 2.24) is 10.3 Å². The van der Waals surface area contributed by atoms with Gasteiger partial charge in [0.25, 0.3) is 5.91 Å².